The van der Waals surface area contributed by atoms with Gasteiger partial charge in [-0.3, -0.25) is 4.79 Å². The number of hydrogen-bond acceptors (Lipinski definition) is 3. The van der Waals surface area contributed by atoms with Gasteiger partial charge in [0.15, 0.2) is 0 Å². The van der Waals surface area contributed by atoms with Gasteiger partial charge in [-0.1, -0.05) is 0 Å². The first kappa shape index (κ1) is 9.22. The molecule has 1 amide bonds. The van der Waals surface area contributed by atoms with Gasteiger partial charge in [0.25, 0.3) is 5.91 Å². The molecule has 4 heteroatoms. The minimum atomic E-state index is -0.0291. The predicted octanol–water partition coefficient (Wildman–Crippen LogP) is 0.745. The zero-order valence-electron chi connectivity index (χ0n) is 6.96. The van der Waals surface area contributed by atoms with Crippen molar-refractivity contribution in [2.75, 3.05) is 13.1 Å². The van der Waals surface area contributed by atoms with Crippen LogP contribution in [0.3, 0.4) is 0 Å². The van der Waals surface area contributed by atoms with E-state index in [4.69, 9.17) is 5.73 Å². The van der Waals surface area contributed by atoms with E-state index in [1.807, 2.05) is 19.1 Å². The van der Waals surface area contributed by atoms with Crippen LogP contribution in [0, 0.1) is 6.92 Å². The van der Waals surface area contributed by atoms with E-state index in [9.17, 15) is 4.79 Å². The van der Waals surface area contributed by atoms with Crippen LogP contribution in [0.2, 0.25) is 0 Å². The minimum Gasteiger partial charge on any atom is -0.350 e. The van der Waals surface area contributed by atoms with Crippen molar-refractivity contribution < 1.29 is 4.79 Å². The molecule has 1 rings (SSSR count). The molecule has 3 N–H and O–H groups in total. The molecule has 12 heavy (non-hydrogen) atoms. The van der Waals surface area contributed by atoms with Gasteiger partial charge in [0, 0.05) is 18.0 Å². The Balaban J connectivity index is 2.53. The number of nitrogens with two attached hydrogens (primary N) is 1. The molecule has 0 aliphatic rings. The lowest BCUT2D eigenvalue weighted by atomic mass is 10.4. The van der Waals surface area contributed by atoms with E-state index in [1.54, 1.807) is 0 Å². The summed E-state index contributed by atoms with van der Waals surface area (Å²) in [4.78, 5) is 13.2. The van der Waals surface area contributed by atoms with E-state index < -0.39 is 0 Å². The van der Waals surface area contributed by atoms with Gasteiger partial charge in [-0.05, 0) is 19.1 Å². The van der Waals surface area contributed by atoms with Gasteiger partial charge in [0.05, 0.1) is 4.88 Å². The maximum atomic E-state index is 11.3. The van der Waals surface area contributed by atoms with Gasteiger partial charge >= 0.3 is 0 Å². The normalized spacial score (nSPS) is 9.83. The van der Waals surface area contributed by atoms with Crippen LogP contribution >= 0.6 is 11.3 Å². The van der Waals surface area contributed by atoms with Crippen molar-refractivity contribution in [2.45, 2.75) is 6.92 Å². The second kappa shape index (κ2) is 4.23. The zero-order valence-corrected chi connectivity index (χ0v) is 7.78. The zero-order chi connectivity index (χ0) is 8.97. The lowest BCUT2D eigenvalue weighted by molar-refractivity contribution is 0.0959. The molecule has 3 nitrogen and oxygen atoms in total. The molecule has 0 aromatic carbocycles. The van der Waals surface area contributed by atoms with Crippen molar-refractivity contribution in [3.8, 4) is 0 Å². The summed E-state index contributed by atoms with van der Waals surface area (Å²) in [6.07, 6.45) is 0. The molecule has 0 bridgehead atoms. The molecule has 66 valence electrons. The first-order valence-corrected chi connectivity index (χ1v) is 4.60. The van der Waals surface area contributed by atoms with Crippen LogP contribution in [0.15, 0.2) is 12.1 Å². The van der Waals surface area contributed by atoms with Gasteiger partial charge in [-0.15, -0.1) is 11.3 Å². The van der Waals surface area contributed by atoms with Gasteiger partial charge < -0.3 is 11.1 Å². The summed E-state index contributed by atoms with van der Waals surface area (Å²) in [7, 11) is 0. The highest BCUT2D eigenvalue weighted by Crippen LogP contribution is 2.14. The number of amides is 1. The maximum Gasteiger partial charge on any atom is 0.261 e. The molecule has 0 unspecified atom stereocenters. The smallest absolute Gasteiger partial charge is 0.261 e. The van der Waals surface area contributed by atoms with Gasteiger partial charge in [-0.2, -0.15) is 0 Å². The topological polar surface area (TPSA) is 55.1 Å². The van der Waals surface area contributed by atoms with Crippen LogP contribution in [-0.4, -0.2) is 19.0 Å². The molecule has 0 aliphatic heterocycles. The first-order chi connectivity index (χ1) is 5.74. The lowest BCUT2D eigenvalue weighted by Crippen LogP contribution is -2.28. The quantitative estimate of drug-likeness (QED) is 0.728. The van der Waals surface area contributed by atoms with Gasteiger partial charge in [0.2, 0.25) is 0 Å². The van der Waals surface area contributed by atoms with E-state index in [0.717, 1.165) is 9.75 Å². The fourth-order valence-electron chi connectivity index (χ4n) is 0.829. The van der Waals surface area contributed by atoms with Gasteiger partial charge in [-0.25, -0.2) is 0 Å². The molecule has 0 saturated heterocycles. The van der Waals surface area contributed by atoms with E-state index >= 15 is 0 Å². The highest BCUT2D eigenvalue weighted by molar-refractivity contribution is 7.13. The molecular formula is C8H12N2OS. The Hall–Kier alpha value is -0.870. The van der Waals surface area contributed by atoms with Crippen molar-refractivity contribution in [2.24, 2.45) is 5.73 Å². The highest BCUT2D eigenvalue weighted by Gasteiger charge is 2.05. The molecule has 0 saturated carbocycles. The standard InChI is InChI=1S/C8H12N2OS/c1-6-2-3-7(12-6)8(11)10-5-4-9/h2-3H,4-5,9H2,1H3,(H,10,11). The third-order valence-electron chi connectivity index (χ3n) is 1.39. The third kappa shape index (κ3) is 2.32. The Morgan fingerprint density at radius 2 is 2.42 bits per heavy atom. The second-order valence-corrected chi connectivity index (χ2v) is 3.74. The molecule has 0 spiro atoms. The molecular weight excluding hydrogens is 172 g/mol. The predicted molar refractivity (Wildman–Crippen MR) is 50.4 cm³/mol. The summed E-state index contributed by atoms with van der Waals surface area (Å²) >= 11 is 1.49. The number of nitrogens with one attached hydrogen (secondary N) is 1. The fourth-order valence-corrected chi connectivity index (χ4v) is 1.61. The highest BCUT2D eigenvalue weighted by atomic mass is 32.1. The average Bonchev–Trinajstić information content (AvgIpc) is 2.47. The van der Waals surface area contributed by atoms with Crippen molar-refractivity contribution >= 4 is 17.2 Å². The number of rotatable bonds is 3. The SMILES string of the molecule is Cc1ccc(C(=O)NCCN)s1. The van der Waals surface area contributed by atoms with Crippen LogP contribution in [0.5, 0.6) is 0 Å². The number of carbonyl (C=O) groups excluding carboxylic acids is 1. The summed E-state index contributed by atoms with van der Waals surface area (Å²) in [5.41, 5.74) is 5.25. The van der Waals surface area contributed by atoms with E-state index in [-0.39, 0.29) is 5.91 Å². The summed E-state index contributed by atoms with van der Waals surface area (Å²) in [6.45, 7) is 3.00. The summed E-state index contributed by atoms with van der Waals surface area (Å²) in [6, 6.07) is 3.76. The molecule has 0 atom stereocenters. The Labute approximate surface area is 75.6 Å². The van der Waals surface area contributed by atoms with Crippen LogP contribution in [0.1, 0.15) is 14.5 Å². The lowest BCUT2D eigenvalue weighted by Gasteiger charge is -1.98. The number of carbonyl (C=O) groups is 1. The Morgan fingerprint density at radius 3 is 2.92 bits per heavy atom. The maximum absolute atomic E-state index is 11.3. The largest absolute Gasteiger partial charge is 0.350 e. The van der Waals surface area contributed by atoms with Gasteiger partial charge in [0.1, 0.15) is 0 Å². The molecule has 0 fully saturated rings. The number of hydrogen-bond donors (Lipinski definition) is 2. The molecule has 1 aromatic rings. The van der Waals surface area contributed by atoms with Crippen LogP contribution in [0.4, 0.5) is 0 Å². The average molecular weight is 184 g/mol. The number of thiophene rings is 1. The van der Waals surface area contributed by atoms with Crippen molar-refractivity contribution in [1.82, 2.24) is 5.32 Å². The van der Waals surface area contributed by atoms with Crippen molar-refractivity contribution in [3.63, 3.8) is 0 Å². The Kier molecular flexibility index (Phi) is 3.25. The molecule has 0 radical (unpaired) electrons. The van der Waals surface area contributed by atoms with Crippen LogP contribution < -0.4 is 11.1 Å². The third-order valence-corrected chi connectivity index (χ3v) is 2.39. The molecule has 1 aromatic heterocycles. The number of aryl methyl sites for hydroxylation is 1. The van der Waals surface area contributed by atoms with Crippen molar-refractivity contribution in [1.29, 1.82) is 0 Å². The minimum absolute atomic E-state index is 0.0291. The Bertz CT molecular complexity index is 270. The van der Waals surface area contributed by atoms with E-state index in [0.29, 0.717) is 13.1 Å². The second-order valence-electron chi connectivity index (χ2n) is 2.45. The van der Waals surface area contributed by atoms with Crippen molar-refractivity contribution in [3.05, 3.63) is 21.9 Å². The summed E-state index contributed by atoms with van der Waals surface area (Å²) in [5, 5.41) is 2.71. The summed E-state index contributed by atoms with van der Waals surface area (Å²) < 4.78 is 0. The first-order valence-electron chi connectivity index (χ1n) is 3.78. The van der Waals surface area contributed by atoms with E-state index in [1.165, 1.54) is 11.3 Å². The van der Waals surface area contributed by atoms with Crippen LogP contribution in [0.25, 0.3) is 0 Å². The molecule has 1 heterocycles. The van der Waals surface area contributed by atoms with Crippen LogP contribution in [-0.2, 0) is 0 Å². The fraction of sp³-hybridized carbons (Fsp3) is 0.375. The van der Waals surface area contributed by atoms with E-state index in [2.05, 4.69) is 5.32 Å². The monoisotopic (exact) mass is 184 g/mol. The summed E-state index contributed by atoms with van der Waals surface area (Å²) in [5.74, 6) is -0.0291. The Morgan fingerprint density at radius 1 is 1.67 bits per heavy atom. The molecule has 0 aliphatic carbocycles.